The quantitative estimate of drug-likeness (QED) is 0.622. The van der Waals surface area contributed by atoms with Gasteiger partial charge >= 0.3 is 6.03 Å². The zero-order chi connectivity index (χ0) is 22.3. The van der Waals surface area contributed by atoms with E-state index in [4.69, 9.17) is 0 Å². The number of fused-ring (bicyclic) bond motifs is 2. The number of amides is 2. The number of hydrogen-bond donors (Lipinski definition) is 1. The van der Waals surface area contributed by atoms with Crippen molar-refractivity contribution >= 4 is 38.9 Å². The molecule has 2 amide bonds. The summed E-state index contributed by atoms with van der Waals surface area (Å²) in [5.41, 5.74) is 3.73. The standard InChI is InChI=1S/C20H21N7O3S2/c1-32(29,30)27-12-20(14-4-2-3-5-16(14)27)6-8-26(9-7-20)19(28)24-17-11-21-15(10-22-17)18-25-23-13-31-18/h2-5,10-11,13H,6-9,12H2,1H3,(H,22,24,28). The van der Waals surface area contributed by atoms with Gasteiger partial charge in [-0.2, -0.15) is 0 Å². The van der Waals surface area contributed by atoms with Gasteiger partial charge in [-0.05, 0) is 24.5 Å². The molecule has 166 valence electrons. The van der Waals surface area contributed by atoms with Gasteiger partial charge in [0.15, 0.2) is 10.8 Å². The first-order valence-corrected chi connectivity index (χ1v) is 12.8. The summed E-state index contributed by atoms with van der Waals surface area (Å²) in [6.07, 6.45) is 5.66. The first kappa shape index (κ1) is 20.8. The number of carbonyl (C=O) groups excluding carboxylic acids is 1. The number of aromatic nitrogens is 4. The molecule has 2 aromatic heterocycles. The summed E-state index contributed by atoms with van der Waals surface area (Å²) in [6, 6.07) is 7.41. The Bertz CT molecular complexity index is 1240. The van der Waals surface area contributed by atoms with Crippen LogP contribution in [0.2, 0.25) is 0 Å². The SMILES string of the molecule is CS(=O)(=O)N1CC2(CCN(C(=O)Nc3cnc(-c4nncs4)cn3)CC2)c2ccccc21. The molecule has 0 unspecified atom stereocenters. The highest BCUT2D eigenvalue weighted by molar-refractivity contribution is 7.92. The van der Waals surface area contributed by atoms with Crippen LogP contribution in [-0.2, 0) is 15.4 Å². The monoisotopic (exact) mass is 471 g/mol. The predicted octanol–water partition coefficient (Wildman–Crippen LogP) is 2.34. The molecule has 0 radical (unpaired) electrons. The van der Waals surface area contributed by atoms with E-state index in [-0.39, 0.29) is 11.4 Å². The van der Waals surface area contributed by atoms with Crippen molar-refractivity contribution in [2.24, 2.45) is 0 Å². The first-order chi connectivity index (χ1) is 15.4. The van der Waals surface area contributed by atoms with Gasteiger partial charge in [-0.3, -0.25) is 9.62 Å². The van der Waals surface area contributed by atoms with Gasteiger partial charge in [-0.15, -0.1) is 10.2 Å². The molecule has 3 aromatic rings. The summed E-state index contributed by atoms with van der Waals surface area (Å²) >= 11 is 1.36. The average molecular weight is 472 g/mol. The fraction of sp³-hybridized carbons (Fsp3) is 0.350. The van der Waals surface area contributed by atoms with Crippen molar-refractivity contribution in [2.45, 2.75) is 18.3 Å². The number of nitrogens with zero attached hydrogens (tertiary/aromatic N) is 6. The molecular formula is C20H21N7O3S2. The maximum atomic E-state index is 12.8. The molecule has 0 saturated carbocycles. The van der Waals surface area contributed by atoms with Gasteiger partial charge in [0, 0.05) is 25.0 Å². The van der Waals surface area contributed by atoms with Crippen LogP contribution in [0.15, 0.2) is 42.2 Å². The molecule has 1 saturated heterocycles. The van der Waals surface area contributed by atoms with Gasteiger partial charge in [0.25, 0.3) is 0 Å². The molecule has 0 bridgehead atoms. The van der Waals surface area contributed by atoms with E-state index < -0.39 is 10.0 Å². The molecule has 0 atom stereocenters. The Labute approximate surface area is 189 Å². The number of sulfonamides is 1. The first-order valence-electron chi connectivity index (χ1n) is 10.1. The van der Waals surface area contributed by atoms with Crippen LogP contribution in [0.4, 0.5) is 16.3 Å². The zero-order valence-corrected chi connectivity index (χ0v) is 18.9. The Balaban J connectivity index is 1.26. The molecule has 10 nitrogen and oxygen atoms in total. The van der Waals surface area contributed by atoms with Crippen LogP contribution >= 0.6 is 11.3 Å². The summed E-state index contributed by atoms with van der Waals surface area (Å²) in [7, 11) is -3.36. The van der Waals surface area contributed by atoms with Crippen molar-refractivity contribution in [3.05, 3.63) is 47.7 Å². The molecule has 1 N–H and O–H groups in total. The second kappa shape index (κ2) is 7.78. The Kier molecular flexibility index (Phi) is 5.05. The fourth-order valence-corrected chi connectivity index (χ4v) is 5.94. The molecular weight excluding hydrogens is 450 g/mol. The molecule has 0 aliphatic carbocycles. The van der Waals surface area contributed by atoms with E-state index in [9.17, 15) is 13.2 Å². The molecule has 12 heteroatoms. The number of benzene rings is 1. The van der Waals surface area contributed by atoms with Gasteiger partial charge in [0.05, 0.1) is 24.3 Å². The van der Waals surface area contributed by atoms with Crippen LogP contribution in [0.25, 0.3) is 10.7 Å². The lowest BCUT2D eigenvalue weighted by molar-refractivity contribution is 0.173. The second-order valence-corrected chi connectivity index (χ2v) is 10.8. The minimum Gasteiger partial charge on any atom is -0.324 e. The number of rotatable bonds is 3. The average Bonchev–Trinajstić information content (AvgIpc) is 3.42. The summed E-state index contributed by atoms with van der Waals surface area (Å²) in [5.74, 6) is 0.359. The highest BCUT2D eigenvalue weighted by Gasteiger charge is 2.47. The smallest absolute Gasteiger partial charge is 0.323 e. The van der Waals surface area contributed by atoms with Crippen molar-refractivity contribution < 1.29 is 13.2 Å². The number of nitrogens with one attached hydrogen (secondary N) is 1. The third-order valence-electron chi connectivity index (χ3n) is 6.06. The zero-order valence-electron chi connectivity index (χ0n) is 17.3. The number of para-hydroxylation sites is 1. The van der Waals surface area contributed by atoms with Crippen molar-refractivity contribution in [3.63, 3.8) is 0 Å². The van der Waals surface area contributed by atoms with Gasteiger partial charge < -0.3 is 4.90 Å². The molecule has 1 spiro atoms. The number of urea groups is 1. The summed E-state index contributed by atoms with van der Waals surface area (Å²) in [5, 5.41) is 11.2. The van der Waals surface area contributed by atoms with E-state index in [0.717, 1.165) is 11.3 Å². The van der Waals surface area contributed by atoms with Crippen molar-refractivity contribution in [1.29, 1.82) is 0 Å². The second-order valence-electron chi connectivity index (χ2n) is 8.02. The van der Waals surface area contributed by atoms with E-state index in [1.165, 1.54) is 28.1 Å². The normalized spacial score (nSPS) is 17.4. The molecule has 4 heterocycles. The number of hydrogen-bond acceptors (Lipinski definition) is 8. The Hall–Kier alpha value is -3.12. The fourth-order valence-electron chi connectivity index (χ4n) is 4.42. The van der Waals surface area contributed by atoms with Crippen LogP contribution in [0, 0.1) is 0 Å². The minimum atomic E-state index is -3.36. The lowest BCUT2D eigenvalue weighted by atomic mass is 9.74. The lowest BCUT2D eigenvalue weighted by Crippen LogP contribution is -2.48. The van der Waals surface area contributed by atoms with E-state index in [2.05, 4.69) is 25.5 Å². The molecule has 2 aliphatic rings. The Morgan fingerprint density at radius 2 is 1.94 bits per heavy atom. The molecule has 2 aliphatic heterocycles. The molecule has 32 heavy (non-hydrogen) atoms. The van der Waals surface area contributed by atoms with Crippen molar-refractivity contribution in [1.82, 2.24) is 25.1 Å². The highest BCUT2D eigenvalue weighted by Crippen LogP contribution is 2.47. The molecule has 1 fully saturated rings. The molecule has 1 aromatic carbocycles. The van der Waals surface area contributed by atoms with E-state index >= 15 is 0 Å². The maximum Gasteiger partial charge on any atom is 0.323 e. The van der Waals surface area contributed by atoms with E-state index in [0.29, 0.717) is 49.0 Å². The largest absolute Gasteiger partial charge is 0.324 e. The van der Waals surface area contributed by atoms with Crippen LogP contribution in [0.3, 0.4) is 0 Å². The van der Waals surface area contributed by atoms with E-state index in [1.807, 2.05) is 24.3 Å². The summed E-state index contributed by atoms with van der Waals surface area (Å²) in [6.45, 7) is 1.46. The predicted molar refractivity (Wildman–Crippen MR) is 121 cm³/mol. The topological polar surface area (TPSA) is 121 Å². The van der Waals surface area contributed by atoms with Crippen LogP contribution in [-0.4, -0.2) is 65.4 Å². The summed E-state index contributed by atoms with van der Waals surface area (Å²) < 4.78 is 26.2. The highest BCUT2D eigenvalue weighted by atomic mass is 32.2. The molecule has 5 rings (SSSR count). The Morgan fingerprint density at radius 1 is 1.16 bits per heavy atom. The number of carbonyl (C=O) groups is 1. The van der Waals surface area contributed by atoms with Crippen molar-refractivity contribution in [2.75, 3.05) is 35.5 Å². The Morgan fingerprint density at radius 3 is 2.59 bits per heavy atom. The number of anilines is 2. The van der Waals surface area contributed by atoms with E-state index in [1.54, 1.807) is 16.6 Å². The number of likely N-dealkylation sites (tertiary alicyclic amines) is 1. The lowest BCUT2D eigenvalue weighted by Gasteiger charge is -2.39. The summed E-state index contributed by atoms with van der Waals surface area (Å²) in [4.78, 5) is 23.0. The third kappa shape index (κ3) is 3.69. The van der Waals surface area contributed by atoms with Gasteiger partial charge in [0.2, 0.25) is 10.0 Å². The van der Waals surface area contributed by atoms with Gasteiger partial charge in [-0.1, -0.05) is 29.5 Å². The van der Waals surface area contributed by atoms with Crippen LogP contribution in [0.1, 0.15) is 18.4 Å². The third-order valence-corrected chi connectivity index (χ3v) is 7.90. The van der Waals surface area contributed by atoms with Gasteiger partial charge in [0.1, 0.15) is 11.2 Å². The minimum absolute atomic E-state index is 0.246. The van der Waals surface area contributed by atoms with Crippen LogP contribution in [0.5, 0.6) is 0 Å². The number of piperidine rings is 1. The van der Waals surface area contributed by atoms with Gasteiger partial charge in [-0.25, -0.2) is 23.2 Å². The van der Waals surface area contributed by atoms with Crippen molar-refractivity contribution in [3.8, 4) is 10.7 Å². The maximum absolute atomic E-state index is 12.8. The van der Waals surface area contributed by atoms with Crippen LogP contribution < -0.4 is 9.62 Å².